The fraction of sp³-hybridized carbons (Fsp3) is 0.316. The quantitative estimate of drug-likeness (QED) is 0.566. The average Bonchev–Trinajstić information content (AvgIpc) is 3.22. The summed E-state index contributed by atoms with van der Waals surface area (Å²) in [5, 5.41) is 12.1. The molecule has 3 aromatic rings. The lowest BCUT2D eigenvalue weighted by molar-refractivity contribution is 0.377. The predicted molar refractivity (Wildman–Crippen MR) is 103 cm³/mol. The summed E-state index contributed by atoms with van der Waals surface area (Å²) < 4.78 is 0. The van der Waals surface area contributed by atoms with Gasteiger partial charge in [0.2, 0.25) is 0 Å². The molecular weight excluding hydrogens is 334 g/mol. The lowest BCUT2D eigenvalue weighted by atomic mass is 10.1. The van der Waals surface area contributed by atoms with Gasteiger partial charge in [0.1, 0.15) is 0 Å². The summed E-state index contributed by atoms with van der Waals surface area (Å²) in [5.41, 5.74) is 4.55. The zero-order valence-corrected chi connectivity index (χ0v) is 15.5. The highest BCUT2D eigenvalue weighted by Crippen LogP contribution is 2.25. The molecule has 0 fully saturated rings. The van der Waals surface area contributed by atoms with E-state index < -0.39 is 0 Å². The number of aromatic amines is 2. The monoisotopic (exact) mass is 357 g/mol. The Morgan fingerprint density at radius 3 is 2.92 bits per heavy atom. The zero-order valence-electron chi connectivity index (χ0n) is 14.7. The Morgan fingerprint density at radius 1 is 1.36 bits per heavy atom. The summed E-state index contributed by atoms with van der Waals surface area (Å²) in [7, 11) is 2.00. The molecule has 1 aromatic carbocycles. The van der Waals surface area contributed by atoms with Crippen LogP contribution in [-0.4, -0.2) is 27.1 Å². The van der Waals surface area contributed by atoms with Crippen molar-refractivity contribution in [2.45, 2.75) is 32.9 Å². The molecule has 0 atom stereocenters. The molecule has 0 saturated carbocycles. The van der Waals surface area contributed by atoms with E-state index in [1.807, 2.05) is 25.5 Å². The van der Waals surface area contributed by atoms with E-state index in [9.17, 15) is 0 Å². The molecule has 0 saturated heterocycles. The van der Waals surface area contributed by atoms with Crippen LogP contribution in [0.3, 0.4) is 0 Å². The van der Waals surface area contributed by atoms with Crippen molar-refractivity contribution < 1.29 is 0 Å². The molecule has 0 aliphatic carbocycles. The van der Waals surface area contributed by atoms with Gasteiger partial charge in [0, 0.05) is 47.0 Å². The molecule has 2 aromatic heterocycles. The summed E-state index contributed by atoms with van der Waals surface area (Å²) in [4.78, 5) is 5.52. The molecule has 5 nitrogen and oxygen atoms in total. The van der Waals surface area contributed by atoms with Gasteiger partial charge < -0.3 is 15.2 Å². The molecular formula is C19H24ClN5. The molecule has 3 rings (SSSR count). The van der Waals surface area contributed by atoms with Crippen molar-refractivity contribution in [3.05, 3.63) is 64.8 Å². The fourth-order valence-corrected chi connectivity index (χ4v) is 3.15. The topological polar surface area (TPSA) is 59.7 Å². The second-order valence-electron chi connectivity index (χ2n) is 6.34. The summed E-state index contributed by atoms with van der Waals surface area (Å²) in [6.07, 6.45) is 5.79. The van der Waals surface area contributed by atoms with Gasteiger partial charge >= 0.3 is 0 Å². The summed E-state index contributed by atoms with van der Waals surface area (Å²) >= 11 is 6.37. The molecule has 132 valence electrons. The van der Waals surface area contributed by atoms with Crippen LogP contribution in [-0.2, 0) is 19.5 Å². The Bertz CT molecular complexity index is 850. The number of fused-ring (bicyclic) bond motifs is 1. The number of H-pyrrole nitrogens is 2. The van der Waals surface area contributed by atoms with Crippen LogP contribution in [0.2, 0.25) is 5.02 Å². The number of halogens is 1. The summed E-state index contributed by atoms with van der Waals surface area (Å²) in [6, 6.07) is 6.33. The van der Waals surface area contributed by atoms with E-state index in [1.54, 1.807) is 0 Å². The number of rotatable bonds is 8. The molecule has 0 unspecified atom stereocenters. The standard InChI is InChI=1S/C19H24ClN5/c1-4-5-15-8-19-16(7-18(15)20)6-17(24-19)11-21-13(2)25(3)12-14-9-22-23-10-14/h6-10,21,24H,2,4-5,11-12H2,1,3H3,(H,22,23). The first kappa shape index (κ1) is 17.4. The van der Waals surface area contributed by atoms with Gasteiger partial charge in [0.25, 0.3) is 0 Å². The number of benzene rings is 1. The van der Waals surface area contributed by atoms with Crippen molar-refractivity contribution in [1.29, 1.82) is 0 Å². The van der Waals surface area contributed by atoms with Crippen LogP contribution in [0.25, 0.3) is 10.9 Å². The minimum absolute atomic E-state index is 0.684. The van der Waals surface area contributed by atoms with Crippen LogP contribution in [0.4, 0.5) is 0 Å². The van der Waals surface area contributed by atoms with E-state index >= 15 is 0 Å². The number of aromatic nitrogens is 3. The first-order chi connectivity index (χ1) is 12.1. The molecule has 3 N–H and O–H groups in total. The molecule has 2 heterocycles. The van der Waals surface area contributed by atoms with Crippen molar-refractivity contribution in [3.63, 3.8) is 0 Å². The third kappa shape index (κ3) is 4.17. The molecule has 0 radical (unpaired) electrons. The van der Waals surface area contributed by atoms with Crippen molar-refractivity contribution >= 4 is 22.5 Å². The van der Waals surface area contributed by atoms with Gasteiger partial charge in [-0.3, -0.25) is 5.10 Å². The maximum Gasteiger partial charge on any atom is 0.0942 e. The van der Waals surface area contributed by atoms with Gasteiger partial charge in [-0.2, -0.15) is 5.10 Å². The van der Waals surface area contributed by atoms with E-state index in [4.69, 9.17) is 11.6 Å². The SMILES string of the molecule is C=C(NCc1cc2cc(Cl)c(CCC)cc2[nH]1)N(C)Cc1cn[nH]c1. The van der Waals surface area contributed by atoms with E-state index in [1.165, 1.54) is 5.56 Å². The first-order valence-electron chi connectivity index (χ1n) is 8.48. The van der Waals surface area contributed by atoms with Gasteiger partial charge in [0.05, 0.1) is 18.6 Å². The molecule has 0 aliphatic rings. The molecule has 6 heteroatoms. The lowest BCUT2D eigenvalue weighted by Crippen LogP contribution is -2.27. The minimum atomic E-state index is 0.684. The van der Waals surface area contributed by atoms with Gasteiger partial charge in [-0.05, 0) is 30.2 Å². The van der Waals surface area contributed by atoms with Crippen LogP contribution in [0.5, 0.6) is 0 Å². The molecule has 25 heavy (non-hydrogen) atoms. The Morgan fingerprint density at radius 2 is 2.20 bits per heavy atom. The predicted octanol–water partition coefficient (Wildman–Crippen LogP) is 4.19. The van der Waals surface area contributed by atoms with E-state index in [-0.39, 0.29) is 0 Å². The first-order valence-corrected chi connectivity index (χ1v) is 8.86. The van der Waals surface area contributed by atoms with Crippen molar-refractivity contribution in [3.8, 4) is 0 Å². The number of nitrogens with zero attached hydrogens (tertiary/aromatic N) is 2. The minimum Gasteiger partial charge on any atom is -0.367 e. The highest BCUT2D eigenvalue weighted by molar-refractivity contribution is 6.32. The Kier molecular flexibility index (Phi) is 5.34. The number of aryl methyl sites for hydroxylation is 1. The Labute approximate surface area is 153 Å². The van der Waals surface area contributed by atoms with Crippen LogP contribution < -0.4 is 5.32 Å². The van der Waals surface area contributed by atoms with Crippen molar-refractivity contribution in [1.82, 2.24) is 25.4 Å². The molecule has 0 aliphatic heterocycles. The van der Waals surface area contributed by atoms with Gasteiger partial charge in [-0.25, -0.2) is 0 Å². The van der Waals surface area contributed by atoms with Crippen LogP contribution in [0.1, 0.15) is 30.2 Å². The normalized spacial score (nSPS) is 11.0. The van der Waals surface area contributed by atoms with Crippen molar-refractivity contribution in [2.24, 2.45) is 0 Å². The van der Waals surface area contributed by atoms with E-state index in [0.717, 1.165) is 52.4 Å². The maximum absolute atomic E-state index is 6.37. The second-order valence-corrected chi connectivity index (χ2v) is 6.75. The number of hydrogen-bond acceptors (Lipinski definition) is 3. The summed E-state index contributed by atoms with van der Waals surface area (Å²) in [5.74, 6) is 0.865. The van der Waals surface area contributed by atoms with E-state index in [2.05, 4.69) is 51.0 Å². The maximum atomic E-state index is 6.37. The lowest BCUT2D eigenvalue weighted by Gasteiger charge is -2.21. The largest absolute Gasteiger partial charge is 0.367 e. The van der Waals surface area contributed by atoms with Crippen LogP contribution in [0, 0.1) is 0 Å². The Hall–Kier alpha value is -2.40. The third-order valence-corrected chi connectivity index (χ3v) is 4.63. The second kappa shape index (κ2) is 7.66. The third-order valence-electron chi connectivity index (χ3n) is 4.28. The zero-order chi connectivity index (χ0) is 17.8. The van der Waals surface area contributed by atoms with Crippen LogP contribution in [0.15, 0.2) is 43.0 Å². The highest BCUT2D eigenvalue weighted by Gasteiger charge is 2.08. The van der Waals surface area contributed by atoms with E-state index in [0.29, 0.717) is 6.54 Å². The Balaban J connectivity index is 1.63. The molecule has 0 bridgehead atoms. The summed E-state index contributed by atoms with van der Waals surface area (Å²) in [6.45, 7) is 7.71. The molecule has 0 spiro atoms. The average molecular weight is 358 g/mol. The smallest absolute Gasteiger partial charge is 0.0942 e. The van der Waals surface area contributed by atoms with Gasteiger partial charge in [0.15, 0.2) is 0 Å². The van der Waals surface area contributed by atoms with Crippen molar-refractivity contribution in [2.75, 3.05) is 7.05 Å². The molecule has 0 amide bonds. The van der Waals surface area contributed by atoms with Crippen LogP contribution >= 0.6 is 11.6 Å². The fourth-order valence-electron chi connectivity index (χ4n) is 2.88. The number of nitrogens with one attached hydrogen (secondary N) is 3. The van der Waals surface area contributed by atoms with Gasteiger partial charge in [-0.1, -0.05) is 31.5 Å². The van der Waals surface area contributed by atoms with Gasteiger partial charge in [-0.15, -0.1) is 0 Å². The highest BCUT2D eigenvalue weighted by atomic mass is 35.5. The number of hydrogen-bond donors (Lipinski definition) is 3.